The van der Waals surface area contributed by atoms with Gasteiger partial charge in [0.25, 0.3) is 5.56 Å². The van der Waals surface area contributed by atoms with E-state index in [2.05, 4.69) is 15.2 Å². The number of nitrogens with one attached hydrogen (secondary N) is 1. The molecule has 0 atom stereocenters. The second kappa shape index (κ2) is 8.75. The van der Waals surface area contributed by atoms with E-state index in [0.717, 1.165) is 5.56 Å². The van der Waals surface area contributed by atoms with E-state index in [1.807, 2.05) is 30.3 Å². The Bertz CT molecular complexity index is 1040. The van der Waals surface area contributed by atoms with Crippen molar-refractivity contribution in [1.82, 2.24) is 20.1 Å². The van der Waals surface area contributed by atoms with Crippen LogP contribution in [0.25, 0.3) is 11.4 Å². The van der Waals surface area contributed by atoms with Gasteiger partial charge >= 0.3 is 0 Å². The van der Waals surface area contributed by atoms with Crippen LogP contribution in [0.3, 0.4) is 0 Å². The summed E-state index contributed by atoms with van der Waals surface area (Å²) in [5, 5.41) is 7.81. The van der Waals surface area contributed by atoms with Gasteiger partial charge in [-0.2, -0.15) is 0 Å². The second-order valence-electron chi connectivity index (χ2n) is 6.31. The highest BCUT2D eigenvalue weighted by Gasteiger charge is 2.13. The van der Waals surface area contributed by atoms with Crippen molar-refractivity contribution < 1.29 is 9.18 Å². The van der Waals surface area contributed by atoms with Crippen LogP contribution in [0.1, 0.15) is 17.7 Å². The molecule has 1 amide bonds. The smallest absolute Gasteiger partial charge is 0.273 e. The number of aromatic amines is 1. The van der Waals surface area contributed by atoms with Crippen molar-refractivity contribution in [3.63, 3.8) is 0 Å². The normalized spacial score (nSPS) is 10.7. The van der Waals surface area contributed by atoms with Gasteiger partial charge in [0.1, 0.15) is 11.5 Å². The van der Waals surface area contributed by atoms with Crippen LogP contribution in [0.4, 0.5) is 4.39 Å². The Balaban J connectivity index is 1.64. The molecule has 2 aromatic carbocycles. The average Bonchev–Trinajstić information content (AvgIpc) is 2.69. The van der Waals surface area contributed by atoms with E-state index in [1.54, 1.807) is 11.9 Å². The first-order valence-electron chi connectivity index (χ1n) is 8.63. The number of H-pyrrole nitrogens is 1. The summed E-state index contributed by atoms with van der Waals surface area (Å²) in [7, 11) is 1.71. The molecule has 3 aromatic rings. The van der Waals surface area contributed by atoms with Crippen LogP contribution in [0.5, 0.6) is 0 Å². The Morgan fingerprint density at radius 3 is 2.61 bits per heavy atom. The zero-order chi connectivity index (χ0) is 20.1. The lowest BCUT2D eigenvalue weighted by molar-refractivity contribution is -0.130. The van der Waals surface area contributed by atoms with Gasteiger partial charge in [-0.25, -0.2) is 4.39 Å². The van der Waals surface area contributed by atoms with Crippen LogP contribution < -0.4 is 5.56 Å². The molecule has 3 rings (SSSR count). The van der Waals surface area contributed by atoms with Crippen LogP contribution in [0, 0.1) is 5.82 Å². The van der Waals surface area contributed by atoms with E-state index in [-0.39, 0.29) is 35.3 Å². The van der Waals surface area contributed by atoms with Gasteiger partial charge in [0, 0.05) is 32.0 Å². The van der Waals surface area contributed by atoms with Gasteiger partial charge in [0.15, 0.2) is 5.82 Å². The molecule has 0 aliphatic carbocycles. The van der Waals surface area contributed by atoms with Crippen molar-refractivity contribution in [3.05, 3.63) is 81.0 Å². The van der Waals surface area contributed by atoms with E-state index < -0.39 is 11.4 Å². The van der Waals surface area contributed by atoms with E-state index in [1.165, 1.54) is 18.2 Å². The maximum Gasteiger partial charge on any atom is 0.273 e. The molecule has 0 aliphatic rings. The van der Waals surface area contributed by atoms with Gasteiger partial charge in [-0.05, 0) is 23.8 Å². The number of carbonyl (C=O) groups is 1. The second-order valence-corrected chi connectivity index (χ2v) is 6.72. The quantitative estimate of drug-likeness (QED) is 0.689. The molecule has 1 N–H and O–H groups in total. The average molecular weight is 401 g/mol. The summed E-state index contributed by atoms with van der Waals surface area (Å²) < 4.78 is 13.3. The molecular weight excluding hydrogens is 383 g/mol. The molecule has 0 saturated heterocycles. The number of hydrogen-bond acceptors (Lipinski definition) is 4. The van der Waals surface area contributed by atoms with Crippen molar-refractivity contribution in [2.45, 2.75) is 19.4 Å². The fraction of sp³-hybridized carbons (Fsp3) is 0.200. The summed E-state index contributed by atoms with van der Waals surface area (Å²) in [6, 6.07) is 13.6. The molecule has 0 fully saturated rings. The molecule has 0 aliphatic heterocycles. The third-order valence-electron chi connectivity index (χ3n) is 4.22. The summed E-state index contributed by atoms with van der Waals surface area (Å²) in [5.74, 6) is -0.474. The summed E-state index contributed by atoms with van der Waals surface area (Å²) in [4.78, 5) is 28.8. The van der Waals surface area contributed by atoms with Gasteiger partial charge in [-0.1, -0.05) is 41.9 Å². The minimum Gasteiger partial charge on any atom is -0.341 e. The van der Waals surface area contributed by atoms with Gasteiger partial charge in [-0.3, -0.25) is 9.59 Å². The third kappa shape index (κ3) is 4.80. The fourth-order valence-electron chi connectivity index (χ4n) is 2.66. The SMILES string of the molecule is CN(Cc1ccccc1)C(=O)CCc1nnc(-c2ccc(F)c(Cl)c2)[nH]c1=O. The first-order valence-corrected chi connectivity index (χ1v) is 9.01. The molecule has 144 valence electrons. The van der Waals surface area contributed by atoms with Crippen molar-refractivity contribution in [1.29, 1.82) is 0 Å². The zero-order valence-corrected chi connectivity index (χ0v) is 15.9. The fourth-order valence-corrected chi connectivity index (χ4v) is 2.84. The number of carbonyl (C=O) groups excluding carboxylic acids is 1. The first kappa shape index (κ1) is 19.7. The van der Waals surface area contributed by atoms with Crippen molar-refractivity contribution >= 4 is 17.5 Å². The number of aryl methyl sites for hydroxylation is 1. The Morgan fingerprint density at radius 1 is 1.18 bits per heavy atom. The van der Waals surface area contributed by atoms with E-state index in [9.17, 15) is 14.0 Å². The molecule has 0 bridgehead atoms. The predicted octanol–water partition coefficient (Wildman–Crippen LogP) is 3.22. The first-order chi connectivity index (χ1) is 13.4. The molecule has 8 heteroatoms. The topological polar surface area (TPSA) is 79.0 Å². The number of nitrogens with zero attached hydrogens (tertiary/aromatic N) is 3. The minimum atomic E-state index is -0.560. The molecule has 28 heavy (non-hydrogen) atoms. The molecule has 0 spiro atoms. The highest BCUT2D eigenvalue weighted by molar-refractivity contribution is 6.31. The largest absolute Gasteiger partial charge is 0.341 e. The summed E-state index contributed by atoms with van der Waals surface area (Å²) in [5.41, 5.74) is 1.20. The number of benzene rings is 2. The third-order valence-corrected chi connectivity index (χ3v) is 4.51. The Labute approximate surface area is 166 Å². The van der Waals surface area contributed by atoms with Gasteiger partial charge in [0.2, 0.25) is 5.91 Å². The lowest BCUT2D eigenvalue weighted by atomic mass is 10.2. The van der Waals surface area contributed by atoms with Crippen LogP contribution in [0.15, 0.2) is 53.3 Å². The molecule has 6 nitrogen and oxygen atoms in total. The number of halogens is 2. The Kier molecular flexibility index (Phi) is 6.16. The Hall–Kier alpha value is -3.06. The number of hydrogen-bond donors (Lipinski definition) is 1. The lowest BCUT2D eigenvalue weighted by Crippen LogP contribution is -2.27. The maximum absolute atomic E-state index is 13.3. The Morgan fingerprint density at radius 2 is 1.93 bits per heavy atom. The number of amides is 1. The number of rotatable bonds is 6. The van der Waals surface area contributed by atoms with Crippen LogP contribution in [0.2, 0.25) is 5.02 Å². The van der Waals surface area contributed by atoms with Gasteiger partial charge in [0.05, 0.1) is 5.02 Å². The van der Waals surface area contributed by atoms with Crippen LogP contribution in [-0.4, -0.2) is 33.0 Å². The molecule has 0 saturated carbocycles. The minimum absolute atomic E-state index is 0.0729. The van der Waals surface area contributed by atoms with Gasteiger partial charge < -0.3 is 9.88 Å². The maximum atomic E-state index is 13.3. The monoisotopic (exact) mass is 400 g/mol. The van der Waals surface area contributed by atoms with Crippen LogP contribution >= 0.6 is 11.6 Å². The zero-order valence-electron chi connectivity index (χ0n) is 15.2. The van der Waals surface area contributed by atoms with E-state index >= 15 is 0 Å². The molecular formula is C20H18ClFN4O2. The molecule has 1 aromatic heterocycles. The van der Waals surface area contributed by atoms with Crippen molar-refractivity contribution in [3.8, 4) is 11.4 Å². The highest BCUT2D eigenvalue weighted by Crippen LogP contribution is 2.21. The van der Waals surface area contributed by atoms with Crippen molar-refractivity contribution in [2.75, 3.05) is 7.05 Å². The lowest BCUT2D eigenvalue weighted by Gasteiger charge is -2.17. The molecule has 0 unspecified atom stereocenters. The number of aromatic nitrogens is 3. The summed E-state index contributed by atoms with van der Waals surface area (Å²) in [6.45, 7) is 0.492. The van der Waals surface area contributed by atoms with Gasteiger partial charge in [-0.15, -0.1) is 10.2 Å². The molecule has 1 heterocycles. The standard InChI is InChI=1S/C20H18ClFN4O2/c1-26(12-13-5-3-2-4-6-13)18(27)10-9-17-20(28)23-19(25-24-17)14-7-8-16(22)15(21)11-14/h2-8,11H,9-10,12H2,1H3,(H,23,25,28). The van der Waals surface area contributed by atoms with E-state index in [4.69, 9.17) is 11.6 Å². The van der Waals surface area contributed by atoms with Crippen LogP contribution in [-0.2, 0) is 17.8 Å². The summed E-state index contributed by atoms with van der Waals surface area (Å²) in [6.07, 6.45) is 0.313. The van der Waals surface area contributed by atoms with E-state index in [0.29, 0.717) is 12.1 Å². The van der Waals surface area contributed by atoms with Crippen molar-refractivity contribution in [2.24, 2.45) is 0 Å². The highest BCUT2D eigenvalue weighted by atomic mass is 35.5. The molecule has 0 radical (unpaired) electrons. The predicted molar refractivity (Wildman–Crippen MR) is 104 cm³/mol. The summed E-state index contributed by atoms with van der Waals surface area (Å²) >= 11 is 5.75.